The second-order valence-corrected chi connectivity index (χ2v) is 6.17. The van der Waals surface area contributed by atoms with Crippen molar-refractivity contribution in [2.45, 2.75) is 6.92 Å². The number of rotatable bonds is 4. The molecule has 0 fully saturated rings. The molecule has 0 aliphatic carbocycles. The van der Waals surface area contributed by atoms with Gasteiger partial charge in [-0.05, 0) is 25.1 Å². The second-order valence-electron chi connectivity index (χ2n) is 6.17. The summed E-state index contributed by atoms with van der Waals surface area (Å²) < 4.78 is 24.1. The van der Waals surface area contributed by atoms with E-state index in [0.717, 1.165) is 5.56 Å². The van der Waals surface area contributed by atoms with Gasteiger partial charge >= 0.3 is 0 Å². The molecule has 2 aromatic heterocycles. The maximum absolute atomic E-state index is 13.9. The molecule has 0 saturated carbocycles. The molecule has 7 heteroatoms. The monoisotopic (exact) mass is 377 g/mol. The molecule has 4 aromatic rings. The number of nitrogens with one attached hydrogen (secondary N) is 1. The summed E-state index contributed by atoms with van der Waals surface area (Å²) in [6.07, 6.45) is 0. The highest BCUT2D eigenvalue weighted by Crippen LogP contribution is 2.28. The number of benzene rings is 2. The van der Waals surface area contributed by atoms with Gasteiger partial charge in [0.25, 0.3) is 11.6 Å². The quantitative estimate of drug-likeness (QED) is 0.562. The zero-order valence-electron chi connectivity index (χ0n) is 15.2. The number of methoxy groups -OCH3 is 1. The van der Waals surface area contributed by atoms with Crippen molar-refractivity contribution < 1.29 is 18.4 Å². The fourth-order valence-corrected chi connectivity index (χ4v) is 2.97. The maximum Gasteiger partial charge on any atom is 0.259 e. The average molecular weight is 377 g/mol. The first-order chi connectivity index (χ1) is 13.6. The summed E-state index contributed by atoms with van der Waals surface area (Å²) in [5, 5.41) is 7.15. The molecule has 1 amide bonds. The Morgan fingerprint density at radius 2 is 1.93 bits per heavy atom. The zero-order chi connectivity index (χ0) is 19.7. The Hall–Kier alpha value is -3.74. The van der Waals surface area contributed by atoms with Crippen molar-refractivity contribution in [3.8, 4) is 17.0 Å². The van der Waals surface area contributed by atoms with Gasteiger partial charge in [0.2, 0.25) is 0 Å². The predicted molar refractivity (Wildman–Crippen MR) is 103 cm³/mol. The number of ether oxygens (including phenoxy) is 1. The van der Waals surface area contributed by atoms with Crippen LogP contribution in [0.25, 0.3) is 22.4 Å². The van der Waals surface area contributed by atoms with E-state index in [4.69, 9.17) is 9.26 Å². The summed E-state index contributed by atoms with van der Waals surface area (Å²) in [5.74, 6) is -0.878. The van der Waals surface area contributed by atoms with Crippen LogP contribution in [0.1, 0.15) is 16.1 Å². The molecule has 2 heterocycles. The van der Waals surface area contributed by atoms with Crippen molar-refractivity contribution in [2.75, 3.05) is 12.4 Å². The zero-order valence-corrected chi connectivity index (χ0v) is 15.2. The van der Waals surface area contributed by atoms with Crippen LogP contribution in [0.15, 0.2) is 59.1 Å². The number of nitrogens with zero attached hydrogens (tertiary/aromatic N) is 2. The first kappa shape index (κ1) is 17.7. The largest absolute Gasteiger partial charge is 0.494 e. The van der Waals surface area contributed by atoms with Crippen molar-refractivity contribution in [1.29, 1.82) is 0 Å². The van der Waals surface area contributed by atoms with Crippen LogP contribution in [0.5, 0.6) is 5.75 Å². The van der Waals surface area contributed by atoms with Crippen LogP contribution < -0.4 is 10.1 Å². The smallest absolute Gasteiger partial charge is 0.259 e. The van der Waals surface area contributed by atoms with Gasteiger partial charge in [-0.15, -0.1) is 0 Å². The highest BCUT2D eigenvalue weighted by atomic mass is 19.1. The van der Waals surface area contributed by atoms with Crippen molar-refractivity contribution in [3.05, 3.63) is 71.7 Å². The summed E-state index contributed by atoms with van der Waals surface area (Å²) in [5.41, 5.74) is 2.89. The number of amides is 1. The molecule has 28 heavy (non-hydrogen) atoms. The molecule has 0 atom stereocenters. The number of carbonyl (C=O) groups excluding carboxylic acids is 1. The minimum absolute atomic E-state index is 0.102. The molecular weight excluding hydrogens is 361 g/mol. The summed E-state index contributed by atoms with van der Waals surface area (Å²) in [6.45, 7) is 1.74. The van der Waals surface area contributed by atoms with E-state index in [2.05, 4.69) is 15.5 Å². The van der Waals surface area contributed by atoms with Gasteiger partial charge in [0.15, 0.2) is 11.6 Å². The molecule has 0 saturated heterocycles. The highest BCUT2D eigenvalue weighted by Gasteiger charge is 2.20. The lowest BCUT2D eigenvalue weighted by atomic mass is 10.0. The third-order valence-corrected chi connectivity index (χ3v) is 4.34. The topological polar surface area (TPSA) is 77.2 Å². The molecule has 0 spiro atoms. The Balaban J connectivity index is 1.77. The van der Waals surface area contributed by atoms with Gasteiger partial charge < -0.3 is 14.6 Å². The first-order valence-electron chi connectivity index (χ1n) is 8.54. The molecular formula is C21H16FN3O3. The number of carbonyl (C=O) groups is 1. The Morgan fingerprint density at radius 3 is 2.64 bits per heavy atom. The van der Waals surface area contributed by atoms with Crippen LogP contribution in [-0.4, -0.2) is 23.2 Å². The lowest BCUT2D eigenvalue weighted by Crippen LogP contribution is -2.13. The van der Waals surface area contributed by atoms with Crippen LogP contribution in [0.4, 0.5) is 10.1 Å². The van der Waals surface area contributed by atoms with Crippen molar-refractivity contribution in [2.24, 2.45) is 0 Å². The summed E-state index contributed by atoms with van der Waals surface area (Å²) in [7, 11) is 1.38. The molecule has 6 nitrogen and oxygen atoms in total. The summed E-state index contributed by atoms with van der Waals surface area (Å²) in [4.78, 5) is 17.4. The number of aromatic nitrogens is 2. The molecule has 0 aliphatic heterocycles. The van der Waals surface area contributed by atoms with Gasteiger partial charge in [-0.1, -0.05) is 35.5 Å². The van der Waals surface area contributed by atoms with Crippen LogP contribution in [0.3, 0.4) is 0 Å². The molecule has 0 unspecified atom stereocenters. The van der Waals surface area contributed by atoms with E-state index in [0.29, 0.717) is 28.0 Å². The molecule has 4 rings (SSSR count). The van der Waals surface area contributed by atoms with E-state index in [1.807, 2.05) is 30.3 Å². The van der Waals surface area contributed by atoms with Gasteiger partial charge in [0, 0.05) is 17.3 Å². The van der Waals surface area contributed by atoms with Gasteiger partial charge in [-0.2, -0.15) is 0 Å². The Morgan fingerprint density at radius 1 is 1.14 bits per heavy atom. The van der Waals surface area contributed by atoms with Crippen molar-refractivity contribution in [3.63, 3.8) is 0 Å². The predicted octanol–water partition coefficient (Wildman–Crippen LogP) is 4.60. The SMILES string of the molecule is COc1ccc(NC(=O)c2cc(-c3ccccc3)nc3onc(C)c23)cc1F. The molecule has 140 valence electrons. The summed E-state index contributed by atoms with van der Waals surface area (Å²) in [6, 6.07) is 15.3. The van der Waals surface area contributed by atoms with Gasteiger partial charge in [0.1, 0.15) is 0 Å². The molecule has 2 aromatic carbocycles. The van der Waals surface area contributed by atoms with Gasteiger partial charge in [0.05, 0.1) is 29.4 Å². The highest BCUT2D eigenvalue weighted by molar-refractivity contribution is 6.13. The van der Waals surface area contributed by atoms with Crippen molar-refractivity contribution >= 4 is 22.7 Å². The Bertz CT molecular complexity index is 1170. The number of aryl methyl sites for hydroxylation is 1. The number of fused-ring (bicyclic) bond motifs is 1. The van der Waals surface area contributed by atoms with E-state index in [-0.39, 0.29) is 11.5 Å². The van der Waals surface area contributed by atoms with Crippen LogP contribution in [-0.2, 0) is 0 Å². The molecule has 0 aliphatic rings. The minimum Gasteiger partial charge on any atom is -0.494 e. The van der Waals surface area contributed by atoms with E-state index < -0.39 is 11.7 Å². The average Bonchev–Trinajstić information content (AvgIpc) is 3.09. The van der Waals surface area contributed by atoms with Gasteiger partial charge in [-0.3, -0.25) is 4.79 Å². The minimum atomic E-state index is -0.564. The standard InChI is InChI=1S/C21H16FN3O3/c1-12-19-15(20(26)23-14-8-9-18(27-2)16(22)10-14)11-17(24-21(19)28-25-12)13-6-4-3-5-7-13/h3-11H,1-2H3,(H,23,26). The normalized spacial score (nSPS) is 10.8. The molecule has 0 radical (unpaired) electrons. The maximum atomic E-state index is 13.9. The number of halogens is 1. The van der Waals surface area contributed by atoms with E-state index in [1.54, 1.807) is 19.1 Å². The molecule has 1 N–H and O–H groups in total. The lowest BCUT2D eigenvalue weighted by molar-refractivity contribution is 0.102. The third-order valence-electron chi connectivity index (χ3n) is 4.34. The Labute approximate surface area is 159 Å². The Kier molecular flexibility index (Phi) is 4.49. The second kappa shape index (κ2) is 7.11. The van der Waals surface area contributed by atoms with Gasteiger partial charge in [-0.25, -0.2) is 9.37 Å². The van der Waals surface area contributed by atoms with E-state index >= 15 is 0 Å². The first-order valence-corrected chi connectivity index (χ1v) is 8.54. The van der Waals surface area contributed by atoms with Crippen LogP contribution >= 0.6 is 0 Å². The van der Waals surface area contributed by atoms with Crippen LogP contribution in [0, 0.1) is 12.7 Å². The molecule has 0 bridgehead atoms. The van der Waals surface area contributed by atoms with Crippen molar-refractivity contribution in [1.82, 2.24) is 10.1 Å². The third kappa shape index (κ3) is 3.18. The number of pyridine rings is 1. The fraction of sp³-hybridized carbons (Fsp3) is 0.0952. The van der Waals surface area contributed by atoms with E-state index in [1.165, 1.54) is 19.2 Å². The number of hydrogen-bond acceptors (Lipinski definition) is 5. The summed E-state index contributed by atoms with van der Waals surface area (Å²) >= 11 is 0. The van der Waals surface area contributed by atoms with E-state index in [9.17, 15) is 9.18 Å². The number of hydrogen-bond donors (Lipinski definition) is 1. The fourth-order valence-electron chi connectivity index (χ4n) is 2.97. The lowest BCUT2D eigenvalue weighted by Gasteiger charge is -2.09. The number of anilines is 1. The van der Waals surface area contributed by atoms with Crippen LogP contribution in [0.2, 0.25) is 0 Å².